The van der Waals surface area contributed by atoms with Crippen molar-refractivity contribution in [3.05, 3.63) is 23.3 Å². The van der Waals surface area contributed by atoms with E-state index < -0.39 is 5.60 Å². The van der Waals surface area contributed by atoms with Crippen LogP contribution in [0.15, 0.2) is 23.3 Å². The topological polar surface area (TPSA) is 37.3 Å². The Morgan fingerprint density at radius 3 is 2.82 bits per heavy atom. The van der Waals surface area contributed by atoms with Crippen LogP contribution in [0.25, 0.3) is 0 Å². The van der Waals surface area contributed by atoms with Crippen LogP contribution >= 0.6 is 0 Å². The second-order valence-corrected chi connectivity index (χ2v) is 8.31. The lowest BCUT2D eigenvalue weighted by Gasteiger charge is -2.38. The van der Waals surface area contributed by atoms with Gasteiger partial charge in [0.15, 0.2) is 5.78 Å². The number of aliphatic hydroxyl groups is 1. The predicted molar refractivity (Wildman–Crippen MR) is 91.6 cm³/mol. The number of hydrogen-bond donors (Lipinski definition) is 1. The van der Waals surface area contributed by atoms with E-state index in [9.17, 15) is 9.90 Å². The number of Topliss-reactive ketones (excluding diaryl/α,β-unsaturated/α-hetero) is 1. The summed E-state index contributed by atoms with van der Waals surface area (Å²) in [6, 6.07) is 0. The molecule has 2 aliphatic rings. The number of rotatable bonds is 4. The molecule has 0 saturated heterocycles. The fraction of sp³-hybridized carbons (Fsp3) is 0.750. The first-order chi connectivity index (χ1) is 10.2. The van der Waals surface area contributed by atoms with Gasteiger partial charge in [-0.2, -0.15) is 0 Å². The lowest BCUT2D eigenvalue weighted by atomic mass is 9.69. The Bertz CT molecular complexity index is 494. The molecule has 1 N–H and O–H groups in total. The molecule has 0 aromatic rings. The third-order valence-electron chi connectivity index (χ3n) is 6.09. The van der Waals surface area contributed by atoms with Crippen LogP contribution in [0.3, 0.4) is 0 Å². The van der Waals surface area contributed by atoms with Gasteiger partial charge in [0.05, 0.1) is 5.60 Å². The monoisotopic (exact) mass is 304 g/mol. The van der Waals surface area contributed by atoms with Crippen LogP contribution in [-0.2, 0) is 4.79 Å². The van der Waals surface area contributed by atoms with Crippen LogP contribution in [-0.4, -0.2) is 16.5 Å². The molecule has 1 saturated carbocycles. The van der Waals surface area contributed by atoms with E-state index in [1.807, 2.05) is 13.8 Å². The van der Waals surface area contributed by atoms with E-state index in [1.54, 1.807) is 0 Å². The molecule has 1 fully saturated rings. The van der Waals surface area contributed by atoms with Crippen molar-refractivity contribution >= 4 is 5.78 Å². The van der Waals surface area contributed by atoms with Crippen molar-refractivity contribution in [2.24, 2.45) is 17.3 Å². The van der Waals surface area contributed by atoms with E-state index in [0.717, 1.165) is 37.7 Å². The van der Waals surface area contributed by atoms with E-state index in [0.29, 0.717) is 24.0 Å². The molecule has 0 radical (unpaired) electrons. The number of allylic oxidation sites excluding steroid dienone is 4. The van der Waals surface area contributed by atoms with E-state index in [4.69, 9.17) is 0 Å². The lowest BCUT2D eigenvalue weighted by molar-refractivity contribution is -0.118. The largest absolute Gasteiger partial charge is 0.390 e. The molecule has 0 aromatic heterocycles. The van der Waals surface area contributed by atoms with E-state index >= 15 is 0 Å². The molecule has 0 spiro atoms. The van der Waals surface area contributed by atoms with Crippen molar-refractivity contribution in [2.75, 3.05) is 0 Å². The van der Waals surface area contributed by atoms with Gasteiger partial charge < -0.3 is 5.11 Å². The number of carbonyl (C=O) groups is 1. The van der Waals surface area contributed by atoms with Crippen LogP contribution in [0, 0.1) is 17.3 Å². The number of ketones is 1. The molecule has 2 nitrogen and oxygen atoms in total. The van der Waals surface area contributed by atoms with Gasteiger partial charge in [0.1, 0.15) is 0 Å². The molecule has 2 rings (SSSR count). The highest BCUT2D eigenvalue weighted by molar-refractivity contribution is 5.95. The van der Waals surface area contributed by atoms with Crippen LogP contribution in [0.5, 0.6) is 0 Å². The molecule has 0 aliphatic heterocycles. The third-order valence-corrected chi connectivity index (χ3v) is 6.09. The van der Waals surface area contributed by atoms with E-state index in [-0.39, 0.29) is 5.41 Å². The maximum Gasteiger partial charge on any atom is 0.158 e. The molecule has 4 atom stereocenters. The highest BCUT2D eigenvalue weighted by Gasteiger charge is 2.51. The minimum absolute atomic E-state index is 0.0660. The third kappa shape index (κ3) is 3.53. The SMILES string of the molecule is CC(C)=CCC[C@@](C)(O)[C@H]1CC[C@@]2(C)CC(=O)C(C)=CC[C@H]12. The Morgan fingerprint density at radius 2 is 2.18 bits per heavy atom. The molecule has 0 aromatic carbocycles. The van der Waals surface area contributed by atoms with Crippen molar-refractivity contribution in [1.29, 1.82) is 0 Å². The average molecular weight is 304 g/mol. The summed E-state index contributed by atoms with van der Waals surface area (Å²) in [4.78, 5) is 12.2. The number of carbonyl (C=O) groups excluding carboxylic acids is 1. The minimum Gasteiger partial charge on any atom is -0.390 e. The van der Waals surface area contributed by atoms with Crippen LogP contribution in [0.4, 0.5) is 0 Å². The van der Waals surface area contributed by atoms with Gasteiger partial charge in [0.25, 0.3) is 0 Å². The molecule has 0 heterocycles. The molecular weight excluding hydrogens is 272 g/mol. The van der Waals surface area contributed by atoms with Gasteiger partial charge in [-0.05, 0) is 82.6 Å². The van der Waals surface area contributed by atoms with Gasteiger partial charge in [-0.25, -0.2) is 0 Å². The Morgan fingerprint density at radius 1 is 1.50 bits per heavy atom. The fourth-order valence-electron chi connectivity index (χ4n) is 4.53. The van der Waals surface area contributed by atoms with Crippen molar-refractivity contribution in [1.82, 2.24) is 0 Å². The van der Waals surface area contributed by atoms with E-state index in [2.05, 4.69) is 32.9 Å². The maximum absolute atomic E-state index is 12.2. The molecule has 0 amide bonds. The maximum atomic E-state index is 12.2. The zero-order chi connectivity index (χ0) is 16.5. The van der Waals surface area contributed by atoms with Crippen molar-refractivity contribution in [3.63, 3.8) is 0 Å². The van der Waals surface area contributed by atoms with Crippen molar-refractivity contribution < 1.29 is 9.90 Å². The van der Waals surface area contributed by atoms with Crippen molar-refractivity contribution in [3.8, 4) is 0 Å². The second-order valence-electron chi connectivity index (χ2n) is 8.31. The van der Waals surface area contributed by atoms with Gasteiger partial charge in [-0.15, -0.1) is 0 Å². The molecule has 0 unspecified atom stereocenters. The zero-order valence-electron chi connectivity index (χ0n) is 14.9. The molecular formula is C20H32O2. The summed E-state index contributed by atoms with van der Waals surface area (Å²) < 4.78 is 0. The first-order valence-corrected chi connectivity index (χ1v) is 8.71. The average Bonchev–Trinajstić information content (AvgIpc) is 2.67. The fourth-order valence-corrected chi connectivity index (χ4v) is 4.53. The Hall–Kier alpha value is -0.890. The Kier molecular flexibility index (Phi) is 5.01. The van der Waals surface area contributed by atoms with Gasteiger partial charge >= 0.3 is 0 Å². The van der Waals surface area contributed by atoms with E-state index in [1.165, 1.54) is 5.57 Å². The first kappa shape index (κ1) is 17.5. The molecule has 124 valence electrons. The summed E-state index contributed by atoms with van der Waals surface area (Å²) in [5.41, 5.74) is 1.66. The number of fused-ring (bicyclic) bond motifs is 1. The first-order valence-electron chi connectivity index (χ1n) is 8.71. The summed E-state index contributed by atoms with van der Waals surface area (Å²) in [6.45, 7) is 10.4. The van der Waals surface area contributed by atoms with Gasteiger partial charge in [-0.3, -0.25) is 4.79 Å². The predicted octanol–water partition coefficient (Wildman–Crippen LogP) is 4.83. The highest BCUT2D eigenvalue weighted by Crippen LogP contribution is 2.56. The summed E-state index contributed by atoms with van der Waals surface area (Å²) in [5, 5.41) is 11.1. The minimum atomic E-state index is -0.635. The van der Waals surface area contributed by atoms with Crippen molar-refractivity contribution in [2.45, 2.75) is 78.7 Å². The quantitative estimate of drug-likeness (QED) is 0.756. The summed E-state index contributed by atoms with van der Waals surface area (Å²) in [6.07, 6.45) is 9.77. The van der Waals surface area contributed by atoms with Gasteiger partial charge in [0.2, 0.25) is 0 Å². The standard InChI is InChI=1S/C20H32O2/c1-14(2)7-6-11-20(5,22)17-10-12-19(4)13-18(21)15(3)8-9-16(17)19/h7-8,16-17,22H,6,9-13H2,1-5H3/t16-,17+,19+,20-/m1/s1. The molecule has 22 heavy (non-hydrogen) atoms. The normalized spacial score (nSPS) is 34.5. The smallest absolute Gasteiger partial charge is 0.158 e. The molecule has 0 bridgehead atoms. The van der Waals surface area contributed by atoms with Crippen LogP contribution in [0.1, 0.15) is 73.1 Å². The lowest BCUT2D eigenvalue weighted by Crippen LogP contribution is -2.39. The summed E-state index contributed by atoms with van der Waals surface area (Å²) in [7, 11) is 0. The van der Waals surface area contributed by atoms with Crippen LogP contribution < -0.4 is 0 Å². The molecule has 2 aliphatic carbocycles. The van der Waals surface area contributed by atoms with Gasteiger partial charge in [0, 0.05) is 6.42 Å². The number of hydrogen-bond acceptors (Lipinski definition) is 2. The summed E-state index contributed by atoms with van der Waals surface area (Å²) in [5.74, 6) is 1.03. The molecule has 2 heteroatoms. The summed E-state index contributed by atoms with van der Waals surface area (Å²) >= 11 is 0. The Labute approximate surface area is 135 Å². The van der Waals surface area contributed by atoms with Crippen LogP contribution in [0.2, 0.25) is 0 Å². The Balaban J connectivity index is 2.16. The highest BCUT2D eigenvalue weighted by atomic mass is 16.3. The second kappa shape index (κ2) is 6.31. The van der Waals surface area contributed by atoms with Gasteiger partial charge in [-0.1, -0.05) is 24.6 Å². The zero-order valence-corrected chi connectivity index (χ0v) is 14.9.